The highest BCUT2D eigenvalue weighted by Crippen LogP contribution is 2.14. The molecule has 0 aromatic heterocycles. The smallest absolute Gasteiger partial charge is 0.0963 e. The number of morpholine rings is 1. The predicted octanol–water partition coefficient (Wildman–Crippen LogP) is 1.11. The topological polar surface area (TPSA) is 32.7 Å². The van der Waals surface area contributed by atoms with Crippen molar-refractivity contribution >= 4 is 0 Å². The number of aliphatic hydroxyl groups is 1. The Morgan fingerprint density at radius 1 is 1.50 bits per heavy atom. The molecule has 84 valence electrons. The molecule has 0 aromatic carbocycles. The molecule has 1 aliphatic rings. The van der Waals surface area contributed by atoms with Crippen LogP contribution in [0.4, 0.5) is 0 Å². The molecule has 2 atom stereocenters. The van der Waals surface area contributed by atoms with E-state index in [2.05, 4.69) is 11.8 Å². The maximum Gasteiger partial charge on any atom is 0.0963 e. The molecule has 3 nitrogen and oxygen atoms in total. The summed E-state index contributed by atoms with van der Waals surface area (Å²) in [6.45, 7) is 10.0. The van der Waals surface area contributed by atoms with Crippen molar-refractivity contribution in [2.24, 2.45) is 5.92 Å². The van der Waals surface area contributed by atoms with Crippen LogP contribution in [-0.2, 0) is 4.74 Å². The molecule has 1 saturated heterocycles. The molecule has 1 aliphatic heterocycles. The molecule has 0 saturated carbocycles. The summed E-state index contributed by atoms with van der Waals surface area (Å²) in [5, 5.41) is 9.89. The van der Waals surface area contributed by atoms with Crippen molar-refractivity contribution in [3.8, 4) is 0 Å². The Labute approximate surface area is 87.1 Å². The van der Waals surface area contributed by atoms with Gasteiger partial charge in [-0.1, -0.05) is 20.8 Å². The van der Waals surface area contributed by atoms with E-state index in [4.69, 9.17) is 4.74 Å². The summed E-state index contributed by atoms with van der Waals surface area (Å²) in [4.78, 5) is 2.37. The maximum absolute atomic E-state index is 9.89. The minimum atomic E-state index is -0.324. The van der Waals surface area contributed by atoms with Gasteiger partial charge < -0.3 is 9.84 Å². The predicted molar refractivity (Wildman–Crippen MR) is 57.3 cm³/mol. The Balaban J connectivity index is 2.39. The second-order valence-corrected chi connectivity index (χ2v) is 4.44. The zero-order chi connectivity index (χ0) is 10.6. The summed E-state index contributed by atoms with van der Waals surface area (Å²) in [5.41, 5.74) is 0. The third-order valence-electron chi connectivity index (χ3n) is 2.78. The van der Waals surface area contributed by atoms with E-state index < -0.39 is 0 Å². The molecule has 0 amide bonds. The van der Waals surface area contributed by atoms with Gasteiger partial charge >= 0.3 is 0 Å². The SMILES string of the molecule is CCCN1CCOC(C(O)C(C)C)C1. The van der Waals surface area contributed by atoms with Gasteiger partial charge in [0.1, 0.15) is 0 Å². The largest absolute Gasteiger partial charge is 0.390 e. The zero-order valence-electron chi connectivity index (χ0n) is 9.57. The fraction of sp³-hybridized carbons (Fsp3) is 1.00. The van der Waals surface area contributed by atoms with Crippen molar-refractivity contribution in [1.82, 2.24) is 4.90 Å². The second kappa shape index (κ2) is 5.69. The number of hydrogen-bond donors (Lipinski definition) is 1. The fourth-order valence-corrected chi connectivity index (χ4v) is 1.89. The summed E-state index contributed by atoms with van der Waals surface area (Å²) in [6, 6.07) is 0. The molecule has 0 aromatic rings. The summed E-state index contributed by atoms with van der Waals surface area (Å²) in [7, 11) is 0. The summed E-state index contributed by atoms with van der Waals surface area (Å²) in [6.07, 6.45) is 0.856. The Kier molecular flexibility index (Phi) is 4.85. The third-order valence-corrected chi connectivity index (χ3v) is 2.78. The van der Waals surface area contributed by atoms with Crippen molar-refractivity contribution in [3.63, 3.8) is 0 Å². The molecular weight excluding hydrogens is 178 g/mol. The van der Waals surface area contributed by atoms with E-state index in [1.54, 1.807) is 0 Å². The average molecular weight is 201 g/mol. The molecule has 0 aliphatic carbocycles. The molecule has 1 fully saturated rings. The zero-order valence-corrected chi connectivity index (χ0v) is 9.57. The molecule has 0 radical (unpaired) electrons. The number of aliphatic hydroxyl groups excluding tert-OH is 1. The Morgan fingerprint density at radius 3 is 2.79 bits per heavy atom. The van der Waals surface area contributed by atoms with Crippen LogP contribution in [0.3, 0.4) is 0 Å². The van der Waals surface area contributed by atoms with Crippen molar-refractivity contribution in [3.05, 3.63) is 0 Å². The van der Waals surface area contributed by atoms with E-state index in [9.17, 15) is 5.11 Å². The minimum absolute atomic E-state index is 0.00954. The van der Waals surface area contributed by atoms with Gasteiger partial charge in [0.05, 0.1) is 18.8 Å². The summed E-state index contributed by atoms with van der Waals surface area (Å²) >= 11 is 0. The van der Waals surface area contributed by atoms with Gasteiger partial charge in [-0.25, -0.2) is 0 Å². The lowest BCUT2D eigenvalue weighted by molar-refractivity contribution is -0.101. The van der Waals surface area contributed by atoms with Crippen LogP contribution in [0.25, 0.3) is 0 Å². The van der Waals surface area contributed by atoms with Crippen LogP contribution >= 0.6 is 0 Å². The monoisotopic (exact) mass is 201 g/mol. The first kappa shape index (κ1) is 12.0. The van der Waals surface area contributed by atoms with E-state index in [1.807, 2.05) is 13.8 Å². The van der Waals surface area contributed by atoms with Crippen LogP contribution in [-0.4, -0.2) is 48.5 Å². The number of hydrogen-bond acceptors (Lipinski definition) is 3. The van der Waals surface area contributed by atoms with E-state index in [1.165, 1.54) is 6.42 Å². The molecule has 2 unspecified atom stereocenters. The Bertz CT molecular complexity index is 159. The molecule has 3 heteroatoms. The first-order valence-corrected chi connectivity index (χ1v) is 5.67. The van der Waals surface area contributed by atoms with Gasteiger partial charge in [-0.2, -0.15) is 0 Å². The first-order valence-electron chi connectivity index (χ1n) is 5.67. The lowest BCUT2D eigenvalue weighted by Gasteiger charge is -2.36. The first-order chi connectivity index (χ1) is 6.65. The van der Waals surface area contributed by atoms with Crippen molar-refractivity contribution in [1.29, 1.82) is 0 Å². The van der Waals surface area contributed by atoms with E-state index >= 15 is 0 Å². The van der Waals surface area contributed by atoms with Crippen LogP contribution in [0.5, 0.6) is 0 Å². The van der Waals surface area contributed by atoms with Gasteiger partial charge in [0.25, 0.3) is 0 Å². The normalized spacial score (nSPS) is 26.8. The molecule has 1 rings (SSSR count). The fourth-order valence-electron chi connectivity index (χ4n) is 1.89. The second-order valence-electron chi connectivity index (χ2n) is 4.44. The van der Waals surface area contributed by atoms with Gasteiger partial charge in [-0.15, -0.1) is 0 Å². The Hall–Kier alpha value is -0.120. The molecule has 0 spiro atoms. The van der Waals surface area contributed by atoms with Gasteiger partial charge in [-0.3, -0.25) is 4.90 Å². The standard InChI is InChI=1S/C11H23NO2/c1-4-5-12-6-7-14-10(8-12)11(13)9(2)3/h9-11,13H,4-8H2,1-3H3. The van der Waals surface area contributed by atoms with Crippen LogP contribution in [0, 0.1) is 5.92 Å². The van der Waals surface area contributed by atoms with Gasteiger partial charge in [0.2, 0.25) is 0 Å². The van der Waals surface area contributed by atoms with Crippen molar-refractivity contribution < 1.29 is 9.84 Å². The van der Waals surface area contributed by atoms with E-state index in [0.717, 1.165) is 26.2 Å². The van der Waals surface area contributed by atoms with E-state index in [-0.39, 0.29) is 18.1 Å². The number of rotatable bonds is 4. The van der Waals surface area contributed by atoms with Crippen molar-refractivity contribution in [2.75, 3.05) is 26.2 Å². The summed E-state index contributed by atoms with van der Waals surface area (Å²) < 4.78 is 5.59. The number of ether oxygens (including phenoxy) is 1. The summed E-state index contributed by atoms with van der Waals surface area (Å²) in [5.74, 6) is 0.279. The highest BCUT2D eigenvalue weighted by Gasteiger charge is 2.28. The molecule has 1 N–H and O–H groups in total. The van der Waals surface area contributed by atoms with Gasteiger partial charge in [0, 0.05) is 13.1 Å². The lowest BCUT2D eigenvalue weighted by atomic mass is 10.0. The quantitative estimate of drug-likeness (QED) is 0.739. The average Bonchev–Trinajstić information content (AvgIpc) is 2.17. The van der Waals surface area contributed by atoms with Gasteiger partial charge in [-0.05, 0) is 18.9 Å². The molecule has 14 heavy (non-hydrogen) atoms. The maximum atomic E-state index is 9.89. The third kappa shape index (κ3) is 3.23. The van der Waals surface area contributed by atoms with E-state index in [0.29, 0.717) is 0 Å². The van der Waals surface area contributed by atoms with Crippen LogP contribution in [0.15, 0.2) is 0 Å². The molecular formula is C11H23NO2. The number of nitrogens with zero attached hydrogens (tertiary/aromatic N) is 1. The molecule has 1 heterocycles. The van der Waals surface area contributed by atoms with Gasteiger partial charge in [0.15, 0.2) is 0 Å². The van der Waals surface area contributed by atoms with Crippen LogP contribution < -0.4 is 0 Å². The highest BCUT2D eigenvalue weighted by molar-refractivity contribution is 4.79. The minimum Gasteiger partial charge on any atom is -0.390 e. The van der Waals surface area contributed by atoms with Crippen LogP contribution in [0.1, 0.15) is 27.2 Å². The molecule has 0 bridgehead atoms. The highest BCUT2D eigenvalue weighted by atomic mass is 16.5. The Morgan fingerprint density at radius 2 is 2.21 bits per heavy atom. The van der Waals surface area contributed by atoms with Crippen molar-refractivity contribution in [2.45, 2.75) is 39.4 Å². The van der Waals surface area contributed by atoms with Crippen LogP contribution in [0.2, 0.25) is 0 Å². The lowest BCUT2D eigenvalue weighted by Crippen LogP contribution is -2.49.